The lowest BCUT2D eigenvalue weighted by Crippen LogP contribution is -2.36. The maximum atomic E-state index is 13.2. The molecule has 0 radical (unpaired) electrons. The Morgan fingerprint density at radius 1 is 1.10 bits per heavy atom. The topological polar surface area (TPSA) is 63.9 Å². The maximum absolute atomic E-state index is 13.2. The lowest BCUT2D eigenvalue weighted by Gasteiger charge is -2.29. The number of hydrogen-bond donors (Lipinski definition) is 0. The summed E-state index contributed by atoms with van der Waals surface area (Å²) in [5.41, 5.74) is 6.72. The van der Waals surface area contributed by atoms with Gasteiger partial charge in [0, 0.05) is 39.4 Å². The molecule has 0 unspecified atom stereocenters. The first kappa shape index (κ1) is 19.8. The number of aryl methyl sites for hydroxylation is 4. The average Bonchev–Trinajstić information content (AvgIpc) is 2.94. The van der Waals surface area contributed by atoms with Crippen LogP contribution in [0.5, 0.6) is 0 Å². The minimum absolute atomic E-state index is 0.0976. The van der Waals surface area contributed by atoms with Gasteiger partial charge in [0.25, 0.3) is 5.95 Å². The lowest BCUT2D eigenvalue weighted by atomic mass is 10.0. The van der Waals surface area contributed by atoms with Crippen molar-refractivity contribution >= 4 is 27.5 Å². The van der Waals surface area contributed by atoms with Gasteiger partial charge in [-0.1, -0.05) is 15.9 Å². The highest BCUT2D eigenvalue weighted by molar-refractivity contribution is 9.10. The summed E-state index contributed by atoms with van der Waals surface area (Å²) in [5, 5.41) is 4.63. The van der Waals surface area contributed by atoms with E-state index in [1.165, 1.54) is 5.56 Å². The van der Waals surface area contributed by atoms with E-state index in [1.807, 2.05) is 50.8 Å². The van der Waals surface area contributed by atoms with Gasteiger partial charge >= 0.3 is 0 Å². The first-order valence-electron chi connectivity index (χ1n) is 9.80. The number of rotatable bonds is 3. The third kappa shape index (κ3) is 3.83. The van der Waals surface area contributed by atoms with Crippen LogP contribution >= 0.6 is 15.9 Å². The second-order valence-corrected chi connectivity index (χ2v) is 8.53. The third-order valence-electron chi connectivity index (χ3n) is 5.39. The Morgan fingerprint density at radius 3 is 2.55 bits per heavy atom. The molecule has 1 aromatic carbocycles. The fraction of sp³-hybridized carbons (Fsp3) is 0.364. The predicted octanol–water partition coefficient (Wildman–Crippen LogP) is 4.18. The van der Waals surface area contributed by atoms with E-state index in [9.17, 15) is 4.79 Å². The first-order valence-corrected chi connectivity index (χ1v) is 10.6. The van der Waals surface area contributed by atoms with Gasteiger partial charge in [-0.15, -0.1) is 0 Å². The van der Waals surface area contributed by atoms with Crippen molar-refractivity contribution in [2.45, 2.75) is 47.0 Å². The first-order chi connectivity index (χ1) is 13.8. The van der Waals surface area contributed by atoms with E-state index in [0.717, 1.165) is 57.9 Å². The number of fused-ring (bicyclic) bond motifs is 1. The Labute approximate surface area is 179 Å². The molecule has 6 nitrogen and oxygen atoms in total. The number of amides is 1. The molecule has 0 N–H and O–H groups in total. The second-order valence-electron chi connectivity index (χ2n) is 7.61. The molecule has 0 fully saturated rings. The summed E-state index contributed by atoms with van der Waals surface area (Å²) in [6.45, 7) is 8.56. The standard InChI is InChI=1S/C22H24BrN5O/c1-13-10-14(2)25-22(24-13)28-16(4)19(15(3)26-28)12-21(29)27-9-5-6-17-11-18(23)7-8-20(17)27/h7-8,10-11H,5-6,9,12H2,1-4H3. The van der Waals surface area contributed by atoms with Gasteiger partial charge in [-0.2, -0.15) is 5.10 Å². The molecule has 7 heteroatoms. The van der Waals surface area contributed by atoms with E-state index in [2.05, 4.69) is 37.1 Å². The molecule has 0 saturated carbocycles. The molecule has 1 aliphatic rings. The Balaban J connectivity index is 1.64. The summed E-state index contributed by atoms with van der Waals surface area (Å²) in [7, 11) is 0. The number of anilines is 1. The van der Waals surface area contributed by atoms with Crippen molar-refractivity contribution in [3.05, 3.63) is 62.6 Å². The van der Waals surface area contributed by atoms with Crippen LogP contribution in [-0.2, 0) is 17.6 Å². The van der Waals surface area contributed by atoms with Crippen LogP contribution in [0, 0.1) is 27.7 Å². The summed E-state index contributed by atoms with van der Waals surface area (Å²) < 4.78 is 2.80. The van der Waals surface area contributed by atoms with Crippen molar-refractivity contribution in [2.24, 2.45) is 0 Å². The molecule has 0 saturated heterocycles. The van der Waals surface area contributed by atoms with Crippen molar-refractivity contribution in [3.8, 4) is 5.95 Å². The molecule has 4 rings (SSSR count). The number of benzene rings is 1. The van der Waals surface area contributed by atoms with Crippen LogP contribution < -0.4 is 4.90 Å². The highest BCUT2D eigenvalue weighted by atomic mass is 79.9. The van der Waals surface area contributed by atoms with Gasteiger partial charge in [0.15, 0.2) is 0 Å². The van der Waals surface area contributed by atoms with Crippen molar-refractivity contribution in [2.75, 3.05) is 11.4 Å². The molecule has 0 atom stereocenters. The number of aromatic nitrogens is 4. The van der Waals surface area contributed by atoms with Crippen LogP contribution in [0.1, 0.15) is 40.3 Å². The second kappa shape index (κ2) is 7.71. The quantitative estimate of drug-likeness (QED) is 0.596. The van der Waals surface area contributed by atoms with E-state index >= 15 is 0 Å². The molecule has 0 spiro atoms. The maximum Gasteiger partial charge on any atom is 0.251 e. The molecular weight excluding hydrogens is 430 g/mol. The van der Waals surface area contributed by atoms with Crippen LogP contribution in [0.4, 0.5) is 5.69 Å². The summed E-state index contributed by atoms with van der Waals surface area (Å²) in [6.07, 6.45) is 2.29. The zero-order valence-electron chi connectivity index (χ0n) is 17.2. The fourth-order valence-corrected chi connectivity index (χ4v) is 4.41. The van der Waals surface area contributed by atoms with Crippen LogP contribution in [-0.4, -0.2) is 32.2 Å². The largest absolute Gasteiger partial charge is 0.312 e. The smallest absolute Gasteiger partial charge is 0.251 e. The number of hydrogen-bond acceptors (Lipinski definition) is 4. The third-order valence-corrected chi connectivity index (χ3v) is 5.88. The number of carbonyl (C=O) groups is 1. The molecule has 0 aliphatic carbocycles. The molecule has 29 heavy (non-hydrogen) atoms. The minimum atomic E-state index is 0.0976. The molecule has 3 aromatic rings. The van der Waals surface area contributed by atoms with Gasteiger partial charge in [-0.25, -0.2) is 14.6 Å². The minimum Gasteiger partial charge on any atom is -0.312 e. The summed E-state index contributed by atoms with van der Waals surface area (Å²) in [6, 6.07) is 8.08. The molecule has 2 aromatic heterocycles. The predicted molar refractivity (Wildman–Crippen MR) is 117 cm³/mol. The van der Waals surface area contributed by atoms with Crippen molar-refractivity contribution in [3.63, 3.8) is 0 Å². The van der Waals surface area contributed by atoms with E-state index in [0.29, 0.717) is 12.4 Å². The highest BCUT2D eigenvalue weighted by Gasteiger charge is 2.25. The van der Waals surface area contributed by atoms with E-state index in [-0.39, 0.29) is 5.91 Å². The molecule has 1 aliphatic heterocycles. The van der Waals surface area contributed by atoms with E-state index in [1.54, 1.807) is 4.68 Å². The highest BCUT2D eigenvalue weighted by Crippen LogP contribution is 2.30. The number of nitrogens with zero attached hydrogens (tertiary/aromatic N) is 5. The zero-order valence-corrected chi connectivity index (χ0v) is 18.7. The van der Waals surface area contributed by atoms with Crippen molar-refractivity contribution in [1.29, 1.82) is 0 Å². The summed E-state index contributed by atoms with van der Waals surface area (Å²) in [4.78, 5) is 24.2. The molecule has 3 heterocycles. The van der Waals surface area contributed by atoms with Gasteiger partial charge in [0.1, 0.15) is 0 Å². The Kier molecular flexibility index (Phi) is 5.25. The summed E-state index contributed by atoms with van der Waals surface area (Å²) >= 11 is 3.53. The fourth-order valence-electron chi connectivity index (χ4n) is 4.00. The molecular formula is C22H24BrN5O. The molecule has 150 valence electrons. The van der Waals surface area contributed by atoms with Gasteiger partial charge in [-0.3, -0.25) is 4.79 Å². The van der Waals surface area contributed by atoms with Gasteiger partial charge in [0.05, 0.1) is 12.1 Å². The van der Waals surface area contributed by atoms with Gasteiger partial charge < -0.3 is 4.90 Å². The van der Waals surface area contributed by atoms with Crippen molar-refractivity contribution < 1.29 is 4.79 Å². The Bertz CT molecular complexity index is 1080. The zero-order chi connectivity index (χ0) is 20.7. The number of carbonyl (C=O) groups excluding carboxylic acids is 1. The lowest BCUT2D eigenvalue weighted by molar-refractivity contribution is -0.118. The average molecular weight is 454 g/mol. The Hall–Kier alpha value is -2.54. The van der Waals surface area contributed by atoms with Crippen LogP contribution in [0.15, 0.2) is 28.7 Å². The van der Waals surface area contributed by atoms with E-state index in [4.69, 9.17) is 0 Å². The van der Waals surface area contributed by atoms with Gasteiger partial charge in [-0.05, 0) is 70.4 Å². The monoisotopic (exact) mass is 453 g/mol. The molecule has 0 bridgehead atoms. The SMILES string of the molecule is Cc1cc(C)nc(-n2nc(C)c(CC(=O)N3CCCc4cc(Br)ccc43)c2C)n1. The van der Waals surface area contributed by atoms with Crippen LogP contribution in [0.25, 0.3) is 5.95 Å². The number of halogens is 1. The van der Waals surface area contributed by atoms with Gasteiger partial charge in [0.2, 0.25) is 5.91 Å². The normalized spacial score (nSPS) is 13.5. The Morgan fingerprint density at radius 2 is 1.83 bits per heavy atom. The summed E-state index contributed by atoms with van der Waals surface area (Å²) in [5.74, 6) is 0.648. The van der Waals surface area contributed by atoms with Crippen LogP contribution in [0.2, 0.25) is 0 Å². The van der Waals surface area contributed by atoms with Crippen molar-refractivity contribution in [1.82, 2.24) is 19.7 Å². The van der Waals surface area contributed by atoms with Crippen LogP contribution in [0.3, 0.4) is 0 Å². The van der Waals surface area contributed by atoms with E-state index < -0.39 is 0 Å². The molecule has 1 amide bonds.